The number of halogens is 6. The van der Waals surface area contributed by atoms with Gasteiger partial charge in [-0.15, -0.1) is 0 Å². The first-order valence-electron chi connectivity index (χ1n) is 6.37. The van der Waals surface area contributed by atoms with Gasteiger partial charge in [0.25, 0.3) is 0 Å². The van der Waals surface area contributed by atoms with Gasteiger partial charge in [0, 0.05) is 11.1 Å². The molecule has 0 aromatic heterocycles. The molecule has 0 saturated carbocycles. The normalized spacial score (nSPS) is 15.2. The van der Waals surface area contributed by atoms with Crippen molar-refractivity contribution < 1.29 is 26.3 Å². The molecule has 2 rings (SSSR count). The zero-order valence-electron chi connectivity index (χ0n) is 11.5. The molecular formula is C15H12F6N2. The number of anilines is 2. The van der Waals surface area contributed by atoms with Crippen LogP contribution in [0.3, 0.4) is 0 Å². The van der Waals surface area contributed by atoms with Gasteiger partial charge in [-0.05, 0) is 6.07 Å². The average Bonchev–Trinajstić information content (AvgIpc) is 2.49. The zero-order valence-corrected chi connectivity index (χ0v) is 11.5. The quantitative estimate of drug-likeness (QED) is 0.651. The minimum atomic E-state index is -6.13. The second-order valence-corrected chi connectivity index (χ2v) is 4.91. The van der Waals surface area contributed by atoms with E-state index in [1.54, 1.807) is 0 Å². The van der Waals surface area contributed by atoms with E-state index in [0.29, 0.717) is 0 Å². The van der Waals surface area contributed by atoms with E-state index in [2.05, 4.69) is 0 Å². The van der Waals surface area contributed by atoms with Crippen LogP contribution >= 0.6 is 0 Å². The average molecular weight is 334 g/mol. The molecular weight excluding hydrogens is 322 g/mol. The highest BCUT2D eigenvalue weighted by Gasteiger charge is 2.73. The van der Waals surface area contributed by atoms with Gasteiger partial charge in [-0.25, -0.2) is 4.39 Å². The molecule has 0 heterocycles. The van der Waals surface area contributed by atoms with Crippen molar-refractivity contribution in [2.24, 2.45) is 0 Å². The predicted octanol–water partition coefficient (Wildman–Crippen LogP) is 4.26. The lowest BCUT2D eigenvalue weighted by Crippen LogP contribution is -2.53. The molecule has 0 amide bonds. The third-order valence-electron chi connectivity index (χ3n) is 3.47. The van der Waals surface area contributed by atoms with Crippen LogP contribution in [0.15, 0.2) is 48.5 Å². The Morgan fingerprint density at radius 1 is 0.696 bits per heavy atom. The van der Waals surface area contributed by atoms with Crippen LogP contribution < -0.4 is 11.5 Å². The van der Waals surface area contributed by atoms with Gasteiger partial charge >= 0.3 is 12.1 Å². The Balaban J connectivity index is 2.84. The molecule has 0 spiro atoms. The fraction of sp³-hybridized carbons (Fsp3) is 0.200. The summed E-state index contributed by atoms with van der Waals surface area (Å²) in [7, 11) is 0. The second-order valence-electron chi connectivity index (χ2n) is 4.91. The van der Waals surface area contributed by atoms with Crippen molar-refractivity contribution in [3.8, 4) is 0 Å². The number of hydrogen-bond acceptors (Lipinski definition) is 2. The van der Waals surface area contributed by atoms with Gasteiger partial charge in [-0.3, -0.25) is 0 Å². The Bertz CT molecular complexity index is 699. The highest BCUT2D eigenvalue weighted by molar-refractivity contribution is 5.70. The summed E-state index contributed by atoms with van der Waals surface area (Å²) in [6.07, 6.45) is -6.13. The summed E-state index contributed by atoms with van der Waals surface area (Å²) in [4.78, 5) is 0. The van der Waals surface area contributed by atoms with E-state index in [1.165, 1.54) is 12.1 Å². The second kappa shape index (κ2) is 5.36. The lowest BCUT2D eigenvalue weighted by molar-refractivity contribution is -0.323. The maximum atomic E-state index is 15.4. The molecule has 2 aromatic carbocycles. The van der Waals surface area contributed by atoms with E-state index >= 15 is 4.39 Å². The van der Waals surface area contributed by atoms with E-state index in [0.717, 1.165) is 36.4 Å². The Labute approximate surface area is 127 Å². The summed E-state index contributed by atoms with van der Waals surface area (Å²) in [5, 5.41) is 0. The van der Waals surface area contributed by atoms with Gasteiger partial charge in [0.15, 0.2) is 0 Å². The maximum Gasteiger partial charge on any atom is 0.457 e. The summed E-state index contributed by atoms with van der Waals surface area (Å²) in [5.74, 6) is -5.72. The van der Waals surface area contributed by atoms with Crippen molar-refractivity contribution in [1.29, 1.82) is 0 Å². The van der Waals surface area contributed by atoms with Crippen LogP contribution in [0.25, 0.3) is 0 Å². The third-order valence-corrected chi connectivity index (χ3v) is 3.47. The number of para-hydroxylation sites is 1. The van der Waals surface area contributed by atoms with Crippen LogP contribution in [-0.4, -0.2) is 12.1 Å². The van der Waals surface area contributed by atoms with Crippen LogP contribution in [-0.2, 0) is 5.67 Å². The summed E-state index contributed by atoms with van der Waals surface area (Å²) in [6, 6.07) is 8.33. The molecule has 0 saturated heterocycles. The SMILES string of the molecule is Nc1cccc(C(F)(c2ccccc2)C(F)(F)C(F)(F)F)c1N. The number of nitrogen functional groups attached to an aromatic ring is 2. The van der Waals surface area contributed by atoms with E-state index < -0.39 is 34.6 Å². The standard InChI is InChI=1S/C15H12F6N2/c16-13(9-5-2-1-3-6-9,14(17,18)15(19,20)21)10-7-4-8-11(22)12(10)23/h1-8H,22-23H2. The smallest absolute Gasteiger partial charge is 0.397 e. The molecule has 8 heteroatoms. The Kier molecular flexibility index (Phi) is 3.96. The molecule has 23 heavy (non-hydrogen) atoms. The number of benzene rings is 2. The lowest BCUT2D eigenvalue weighted by Gasteiger charge is -2.36. The van der Waals surface area contributed by atoms with E-state index in [9.17, 15) is 22.0 Å². The van der Waals surface area contributed by atoms with E-state index in [1.807, 2.05) is 0 Å². The molecule has 0 aliphatic carbocycles. The topological polar surface area (TPSA) is 52.0 Å². The predicted molar refractivity (Wildman–Crippen MR) is 74.6 cm³/mol. The van der Waals surface area contributed by atoms with Gasteiger partial charge in [0.1, 0.15) is 0 Å². The molecule has 0 fully saturated rings. The first-order valence-corrected chi connectivity index (χ1v) is 6.37. The fourth-order valence-corrected chi connectivity index (χ4v) is 2.25. The monoisotopic (exact) mass is 334 g/mol. The van der Waals surface area contributed by atoms with Gasteiger partial charge in [-0.2, -0.15) is 22.0 Å². The highest BCUT2D eigenvalue weighted by Crippen LogP contribution is 2.55. The molecule has 1 unspecified atom stereocenters. The number of hydrogen-bond donors (Lipinski definition) is 2. The lowest BCUT2D eigenvalue weighted by atomic mass is 9.81. The van der Waals surface area contributed by atoms with E-state index in [4.69, 9.17) is 11.5 Å². The van der Waals surface area contributed by atoms with Crippen LogP contribution in [0.2, 0.25) is 0 Å². The molecule has 0 bridgehead atoms. The van der Waals surface area contributed by atoms with Crippen molar-refractivity contribution in [3.05, 3.63) is 59.7 Å². The van der Waals surface area contributed by atoms with E-state index in [-0.39, 0.29) is 5.69 Å². The molecule has 0 aliphatic rings. The van der Waals surface area contributed by atoms with Crippen molar-refractivity contribution in [2.75, 3.05) is 11.5 Å². The highest BCUT2D eigenvalue weighted by atomic mass is 19.4. The zero-order chi connectivity index (χ0) is 17.5. The largest absolute Gasteiger partial charge is 0.457 e. The Hall–Kier alpha value is -2.38. The molecule has 2 nitrogen and oxygen atoms in total. The summed E-state index contributed by atoms with van der Waals surface area (Å²) >= 11 is 0. The minimum Gasteiger partial charge on any atom is -0.397 e. The number of rotatable bonds is 3. The van der Waals surface area contributed by atoms with Crippen molar-refractivity contribution in [2.45, 2.75) is 17.8 Å². The summed E-state index contributed by atoms with van der Waals surface area (Å²) in [6.45, 7) is 0. The van der Waals surface area contributed by atoms with Crippen LogP contribution in [0.1, 0.15) is 11.1 Å². The van der Waals surface area contributed by atoms with Gasteiger partial charge < -0.3 is 11.5 Å². The molecule has 4 N–H and O–H groups in total. The van der Waals surface area contributed by atoms with Gasteiger partial charge in [0.05, 0.1) is 11.4 Å². The van der Waals surface area contributed by atoms with Crippen molar-refractivity contribution >= 4 is 11.4 Å². The molecule has 2 aromatic rings. The first kappa shape index (κ1) is 17.0. The van der Waals surface area contributed by atoms with Gasteiger partial charge in [-0.1, -0.05) is 42.5 Å². The van der Waals surface area contributed by atoms with Crippen LogP contribution in [0.5, 0.6) is 0 Å². The minimum absolute atomic E-state index is 0.293. The van der Waals surface area contributed by atoms with Gasteiger partial charge in [0.2, 0.25) is 5.67 Å². The summed E-state index contributed by atoms with van der Waals surface area (Å²) in [5.41, 5.74) is 3.83. The Morgan fingerprint density at radius 3 is 1.78 bits per heavy atom. The Morgan fingerprint density at radius 2 is 1.26 bits per heavy atom. The van der Waals surface area contributed by atoms with Crippen LogP contribution in [0.4, 0.5) is 37.7 Å². The molecule has 124 valence electrons. The van der Waals surface area contributed by atoms with Crippen molar-refractivity contribution in [1.82, 2.24) is 0 Å². The maximum absolute atomic E-state index is 15.4. The first-order chi connectivity index (χ1) is 10.5. The van der Waals surface area contributed by atoms with Crippen molar-refractivity contribution in [3.63, 3.8) is 0 Å². The van der Waals surface area contributed by atoms with Crippen LogP contribution in [0, 0.1) is 0 Å². The molecule has 0 aliphatic heterocycles. The number of nitrogens with two attached hydrogens (primary N) is 2. The third kappa shape index (κ3) is 2.47. The molecule has 0 radical (unpaired) electrons. The molecule has 1 atom stereocenters. The fourth-order valence-electron chi connectivity index (χ4n) is 2.25. The summed E-state index contributed by atoms with van der Waals surface area (Å²) < 4.78 is 82.1. The number of alkyl halides is 6.